The van der Waals surface area contributed by atoms with Crippen molar-refractivity contribution < 1.29 is 83.8 Å². The predicted octanol–water partition coefficient (Wildman–Crippen LogP) is 9.43. The fraction of sp³-hybridized carbons (Fsp3) is 1.00. The molecule has 2 unspecified atom stereocenters. The van der Waals surface area contributed by atoms with Gasteiger partial charge in [0.1, 0.15) is 0 Å². The molecule has 0 amide bonds. The number of alkyl halides is 20. The van der Waals surface area contributed by atoms with E-state index in [9.17, 15) is 79.0 Å². The molecule has 0 aromatic carbocycles. The average Bonchev–Trinajstić information content (AvgIpc) is 2.64. The van der Waals surface area contributed by atoms with Gasteiger partial charge in [-0.15, -0.1) is 0 Å². The van der Waals surface area contributed by atoms with Gasteiger partial charge in [0, 0.05) is 0 Å². The van der Waals surface area contributed by atoms with E-state index in [-0.39, 0.29) is 27.7 Å². The van der Waals surface area contributed by atoms with Crippen LogP contribution in [-0.2, 0) is 4.74 Å². The molecule has 0 fully saturated rings. The summed E-state index contributed by atoms with van der Waals surface area (Å²) in [6, 6.07) is 0. The van der Waals surface area contributed by atoms with Crippen molar-refractivity contribution in [2.45, 2.75) is 84.6 Å². The zero-order valence-corrected chi connectivity index (χ0v) is 21.3. The summed E-state index contributed by atoms with van der Waals surface area (Å²) in [4.78, 5) is 0. The minimum absolute atomic E-state index is 0.207. The maximum absolute atomic E-state index is 14.7. The molecule has 0 heterocycles. The molecule has 21 heteroatoms. The molecule has 0 rings (SSSR count). The third-order valence-electron chi connectivity index (χ3n) is 4.93. The van der Waals surface area contributed by atoms with E-state index < -0.39 is 68.7 Å². The molecule has 0 aliphatic rings. The fourth-order valence-electron chi connectivity index (χ4n) is 2.48. The monoisotopic (exact) mass is 722 g/mol. The average molecular weight is 724 g/mol. The van der Waals surface area contributed by atoms with Crippen LogP contribution in [-0.4, -0.2) is 56.9 Å². The second-order valence-electron chi connectivity index (χ2n) is 8.14. The van der Waals surface area contributed by atoms with Crippen LogP contribution in [0.5, 0.6) is 0 Å². The van der Waals surface area contributed by atoms with Crippen molar-refractivity contribution in [3.63, 3.8) is 0 Å². The van der Waals surface area contributed by atoms with Crippen LogP contribution in [0.2, 0.25) is 0 Å². The van der Waals surface area contributed by atoms with Crippen molar-refractivity contribution in [2.75, 3.05) is 0 Å². The Morgan fingerprint density at radius 3 is 0.703 bits per heavy atom. The number of rotatable bonds is 10. The summed E-state index contributed by atoms with van der Waals surface area (Å²) < 4.78 is 237. The molecule has 0 radical (unpaired) electrons. The molecule has 0 aromatic rings. The minimum atomic E-state index is -7.65. The second kappa shape index (κ2) is 9.64. The van der Waals surface area contributed by atoms with Crippen LogP contribution in [0.3, 0.4) is 0 Å². The number of hydrogen-bond acceptors (Lipinski definition) is 1. The number of ether oxygens (including phenoxy) is 1. The molecule has 0 saturated heterocycles. The van der Waals surface area contributed by atoms with Crippen LogP contribution in [0.15, 0.2) is 0 Å². The molecule has 0 bridgehead atoms. The van der Waals surface area contributed by atoms with Gasteiger partial charge in [-0.25, -0.2) is 0 Å². The zero-order valence-electron chi connectivity index (χ0n) is 18.1. The first kappa shape index (κ1) is 36.7. The Balaban J connectivity index is 7.36. The zero-order chi connectivity index (χ0) is 30.9. The van der Waals surface area contributed by atoms with Crippen molar-refractivity contribution in [1.29, 1.82) is 0 Å². The standard InChI is InChI=1S/C16H14Br2F18O/c1-5(2)7(17,9(19,20)11(23,24)13(27,28)15(31,32)33)37-8(18,6(3)4)10(21,22)12(25,26)14(29,30)16(34,35)36/h5-6H,1-4H3. The lowest BCUT2D eigenvalue weighted by atomic mass is 9.88. The lowest BCUT2D eigenvalue weighted by Crippen LogP contribution is -2.73. The summed E-state index contributed by atoms with van der Waals surface area (Å²) >= 11 is 2.90. The van der Waals surface area contributed by atoms with E-state index in [1.54, 1.807) is 0 Å². The van der Waals surface area contributed by atoms with E-state index in [1.807, 2.05) is 0 Å². The van der Waals surface area contributed by atoms with Gasteiger partial charge in [-0.3, -0.25) is 0 Å². The van der Waals surface area contributed by atoms with E-state index in [4.69, 9.17) is 0 Å². The van der Waals surface area contributed by atoms with Gasteiger partial charge in [0.05, 0.1) is 0 Å². The van der Waals surface area contributed by atoms with Crippen molar-refractivity contribution in [3.8, 4) is 0 Å². The Morgan fingerprint density at radius 1 is 0.378 bits per heavy atom. The van der Waals surface area contributed by atoms with Gasteiger partial charge in [-0.1, -0.05) is 27.7 Å². The number of halogens is 20. The van der Waals surface area contributed by atoms with E-state index in [0.29, 0.717) is 0 Å². The molecule has 0 N–H and O–H groups in total. The molecular weight excluding hydrogens is 710 g/mol. The van der Waals surface area contributed by atoms with Crippen LogP contribution in [0.4, 0.5) is 79.0 Å². The molecule has 1 nitrogen and oxygen atoms in total. The Hall–Kier alpha value is -0.340. The predicted molar refractivity (Wildman–Crippen MR) is 95.9 cm³/mol. The second-order valence-corrected chi connectivity index (χ2v) is 10.5. The van der Waals surface area contributed by atoms with E-state index in [2.05, 4.69) is 4.74 Å². The highest BCUT2D eigenvalue weighted by Gasteiger charge is 2.90. The highest BCUT2D eigenvalue weighted by molar-refractivity contribution is 9.10. The molecule has 0 aromatic heterocycles. The number of hydrogen-bond donors (Lipinski definition) is 0. The topological polar surface area (TPSA) is 9.23 Å². The summed E-state index contributed by atoms with van der Waals surface area (Å²) in [6.45, 7) is 0.829. The summed E-state index contributed by atoms with van der Waals surface area (Å²) in [5.74, 6) is -49.9. The highest BCUT2D eigenvalue weighted by atomic mass is 79.9. The van der Waals surface area contributed by atoms with Gasteiger partial charge in [-0.05, 0) is 43.7 Å². The van der Waals surface area contributed by atoms with Crippen molar-refractivity contribution in [3.05, 3.63) is 0 Å². The van der Waals surface area contributed by atoms with Crippen LogP contribution >= 0.6 is 31.9 Å². The Bertz CT molecular complexity index is 752. The molecule has 0 spiro atoms. The van der Waals surface area contributed by atoms with Crippen molar-refractivity contribution in [1.82, 2.24) is 0 Å². The first-order valence-corrected chi connectivity index (χ1v) is 10.7. The smallest absolute Gasteiger partial charge is 0.332 e. The summed E-state index contributed by atoms with van der Waals surface area (Å²) in [6.07, 6.45) is -14.9. The maximum atomic E-state index is 14.7. The van der Waals surface area contributed by atoms with Gasteiger partial charge in [0.15, 0.2) is 9.02 Å². The van der Waals surface area contributed by atoms with Gasteiger partial charge in [0.25, 0.3) is 0 Å². The minimum Gasteiger partial charge on any atom is -0.332 e. The van der Waals surface area contributed by atoms with Gasteiger partial charge in [0.2, 0.25) is 0 Å². The van der Waals surface area contributed by atoms with Crippen LogP contribution in [0.25, 0.3) is 0 Å². The van der Waals surface area contributed by atoms with Crippen LogP contribution in [0, 0.1) is 11.8 Å². The third kappa shape index (κ3) is 5.03. The van der Waals surface area contributed by atoms with Gasteiger partial charge < -0.3 is 4.74 Å². The third-order valence-corrected chi connectivity index (χ3v) is 8.08. The Morgan fingerprint density at radius 2 is 0.568 bits per heavy atom. The molecule has 0 aliphatic heterocycles. The van der Waals surface area contributed by atoms with E-state index in [1.165, 1.54) is 31.9 Å². The highest BCUT2D eigenvalue weighted by Crippen LogP contribution is 2.65. The summed E-state index contributed by atoms with van der Waals surface area (Å²) in [5.41, 5.74) is 0. The van der Waals surface area contributed by atoms with Gasteiger partial charge >= 0.3 is 47.9 Å². The van der Waals surface area contributed by atoms with Crippen LogP contribution in [0.1, 0.15) is 27.7 Å². The van der Waals surface area contributed by atoms with Crippen LogP contribution < -0.4 is 0 Å². The van der Waals surface area contributed by atoms with Crippen molar-refractivity contribution >= 4 is 31.9 Å². The molecule has 0 saturated carbocycles. The van der Waals surface area contributed by atoms with E-state index in [0.717, 1.165) is 0 Å². The summed E-state index contributed by atoms with van der Waals surface area (Å²) in [7, 11) is 0. The lowest BCUT2D eigenvalue weighted by molar-refractivity contribution is -0.433. The molecule has 224 valence electrons. The SMILES string of the molecule is CC(C)C(Br)(OC(Br)(C(C)C)C(F)(F)C(F)(F)C(F)(F)C(F)(F)F)C(F)(F)C(F)(F)C(F)(F)C(F)(F)F. The van der Waals surface area contributed by atoms with E-state index >= 15 is 0 Å². The molecule has 2 atom stereocenters. The summed E-state index contributed by atoms with van der Waals surface area (Å²) in [5, 5.41) is 0. The lowest BCUT2D eigenvalue weighted by Gasteiger charge is -2.51. The van der Waals surface area contributed by atoms with Crippen molar-refractivity contribution in [2.24, 2.45) is 11.8 Å². The maximum Gasteiger partial charge on any atom is 0.460 e. The fourth-order valence-corrected chi connectivity index (χ4v) is 3.71. The quantitative estimate of drug-likeness (QED) is 0.161. The first-order chi connectivity index (χ1) is 15.6. The molecule has 37 heavy (non-hydrogen) atoms. The Labute approximate surface area is 212 Å². The molecule has 0 aliphatic carbocycles. The normalized spacial score (nSPS) is 19.3. The largest absolute Gasteiger partial charge is 0.460 e. The Kier molecular flexibility index (Phi) is 9.55. The first-order valence-electron chi connectivity index (χ1n) is 9.07. The van der Waals surface area contributed by atoms with Gasteiger partial charge in [-0.2, -0.15) is 79.0 Å². The molecular formula is C16H14Br2F18O.